The van der Waals surface area contributed by atoms with Crippen molar-refractivity contribution in [1.82, 2.24) is 0 Å². The first kappa shape index (κ1) is 93.7. The summed E-state index contributed by atoms with van der Waals surface area (Å²) in [6.07, 6.45) is 114. The highest BCUT2D eigenvalue weighted by Gasteiger charge is 2.02. The molecule has 0 atom stereocenters. The number of hydrogen-bond acceptors (Lipinski definition) is 4. The van der Waals surface area contributed by atoms with E-state index in [-0.39, 0.29) is 0 Å². The maximum absolute atomic E-state index is 9.25. The van der Waals surface area contributed by atoms with E-state index in [0.717, 1.165) is 26.4 Å². The van der Waals surface area contributed by atoms with Gasteiger partial charge in [-0.05, 0) is 0 Å². The van der Waals surface area contributed by atoms with Crippen LogP contribution < -0.4 is 0 Å². The van der Waals surface area contributed by atoms with Gasteiger partial charge in [0.2, 0.25) is 0 Å². The SMILES string of the molecule is C1CCCCCCCCCCCCCC1.C1CCCCCCCCCCCCCC1.C1CCCCCCCCCCCCCC1.C1CCCCCCCCCCCCCC1.C1CCCCCCCCCCCCCC1.C=CC(=O)O.C=CC(=O)O.CO.CO. The lowest BCUT2D eigenvalue weighted by molar-refractivity contribution is -0.132. The first-order chi connectivity index (χ1) is 44.0. The summed E-state index contributed by atoms with van der Waals surface area (Å²) in [5.74, 6) is -1.96. The summed E-state index contributed by atoms with van der Waals surface area (Å²) in [6.45, 7) is 5.92. The third kappa shape index (κ3) is 103. The zero-order valence-corrected chi connectivity index (χ0v) is 61.2. The van der Waals surface area contributed by atoms with Gasteiger partial charge in [0.1, 0.15) is 0 Å². The van der Waals surface area contributed by atoms with Crippen LogP contribution in [0, 0.1) is 0 Å². The van der Waals surface area contributed by atoms with Gasteiger partial charge in [-0.1, -0.05) is 495 Å². The molecule has 5 aliphatic rings. The van der Waals surface area contributed by atoms with Crippen LogP contribution in [0.15, 0.2) is 25.3 Å². The van der Waals surface area contributed by atoms with Crippen molar-refractivity contribution in [3.05, 3.63) is 25.3 Å². The van der Waals surface area contributed by atoms with E-state index >= 15 is 0 Å². The van der Waals surface area contributed by atoms with Gasteiger partial charge in [0.25, 0.3) is 0 Å². The maximum Gasteiger partial charge on any atom is 0.327 e. The largest absolute Gasteiger partial charge is 0.478 e. The number of carboxylic acids is 2. The molecule has 5 fully saturated rings. The Balaban J connectivity index is -0.000000481. The van der Waals surface area contributed by atoms with Crippen LogP contribution in [-0.2, 0) is 9.59 Å². The Morgan fingerprint density at radius 1 is 0.157 bits per heavy atom. The van der Waals surface area contributed by atoms with Gasteiger partial charge >= 0.3 is 11.9 Å². The fraction of sp³-hybridized carbons (Fsp3) is 0.928. The highest BCUT2D eigenvalue weighted by molar-refractivity contribution is 5.79. The number of aliphatic hydroxyl groups excluding tert-OH is 2. The summed E-state index contributed by atoms with van der Waals surface area (Å²) in [7, 11) is 2.00. The lowest BCUT2D eigenvalue weighted by Crippen LogP contribution is -1.82. The molecule has 0 saturated heterocycles. The molecule has 5 aliphatic carbocycles. The molecule has 0 aromatic carbocycles. The lowest BCUT2D eigenvalue weighted by Gasteiger charge is -2.01. The molecular weight excluding hydrogens is 1090 g/mol. The van der Waals surface area contributed by atoms with E-state index in [1.165, 1.54) is 482 Å². The highest BCUT2D eigenvalue weighted by atomic mass is 16.4. The van der Waals surface area contributed by atoms with E-state index in [0.29, 0.717) is 0 Å². The monoisotopic (exact) mass is 1260 g/mol. The molecule has 534 valence electrons. The van der Waals surface area contributed by atoms with E-state index in [4.69, 9.17) is 20.4 Å². The Labute approximate surface area is 560 Å². The third-order valence-corrected chi connectivity index (χ3v) is 19.1. The topological polar surface area (TPSA) is 115 Å². The zero-order chi connectivity index (χ0) is 65.6. The molecule has 89 heavy (non-hydrogen) atoms. The normalized spacial score (nSPS) is 21.1. The first-order valence-corrected chi connectivity index (χ1v) is 40.6. The number of hydrogen-bond donors (Lipinski definition) is 4. The number of aliphatic hydroxyl groups is 2. The van der Waals surface area contributed by atoms with Gasteiger partial charge in [-0.25, -0.2) is 9.59 Å². The van der Waals surface area contributed by atoms with Crippen molar-refractivity contribution in [2.24, 2.45) is 0 Å². The fourth-order valence-electron chi connectivity index (χ4n) is 13.3. The molecule has 0 radical (unpaired) electrons. The Hall–Kier alpha value is -1.66. The second-order valence-corrected chi connectivity index (χ2v) is 27.6. The summed E-state index contributed by atoms with van der Waals surface area (Å²) in [5, 5.41) is 29.2. The Morgan fingerprint density at radius 2 is 0.180 bits per heavy atom. The van der Waals surface area contributed by atoms with Gasteiger partial charge in [-0.3, -0.25) is 0 Å². The van der Waals surface area contributed by atoms with Crippen molar-refractivity contribution in [3.8, 4) is 0 Å². The predicted octanol–water partition coefficient (Wildman–Crippen LogP) is 29.0. The minimum Gasteiger partial charge on any atom is -0.478 e. The second kappa shape index (κ2) is 95.0. The minimum absolute atomic E-state index is 0.833. The molecule has 0 spiro atoms. The maximum atomic E-state index is 9.25. The Bertz CT molecular complexity index is 751. The molecular formula is C83H166O6. The molecule has 0 heterocycles. The van der Waals surface area contributed by atoms with Crippen molar-refractivity contribution in [1.29, 1.82) is 0 Å². The molecule has 0 aliphatic heterocycles. The van der Waals surface area contributed by atoms with Gasteiger partial charge < -0.3 is 20.4 Å². The zero-order valence-electron chi connectivity index (χ0n) is 61.2. The van der Waals surface area contributed by atoms with Gasteiger partial charge in [0.05, 0.1) is 0 Å². The molecule has 0 aromatic rings. The average Bonchev–Trinajstić information content (AvgIpc) is 3.61. The van der Waals surface area contributed by atoms with Crippen molar-refractivity contribution in [3.63, 3.8) is 0 Å². The van der Waals surface area contributed by atoms with E-state index in [1.807, 2.05) is 0 Å². The molecule has 6 nitrogen and oxygen atoms in total. The van der Waals surface area contributed by atoms with Crippen LogP contribution in [0.3, 0.4) is 0 Å². The molecule has 0 aromatic heterocycles. The van der Waals surface area contributed by atoms with Crippen LogP contribution in [0.1, 0.15) is 482 Å². The second-order valence-electron chi connectivity index (χ2n) is 27.6. The standard InChI is InChI=1S/5C15H30.2C3H4O2.2CH4O/c5*1-2-4-6-8-10-12-14-15-13-11-9-7-5-3-1;2*1-2-3(4)5;2*1-2/h5*1-15H2;2*2H,1H2,(H,4,5);2*2H,1H3. The van der Waals surface area contributed by atoms with Gasteiger partial charge in [0.15, 0.2) is 0 Å². The Morgan fingerprint density at radius 3 is 0.191 bits per heavy atom. The number of aliphatic carboxylic acids is 2. The molecule has 5 rings (SSSR count). The van der Waals surface area contributed by atoms with Crippen LogP contribution >= 0.6 is 0 Å². The highest BCUT2D eigenvalue weighted by Crippen LogP contribution is 2.22. The van der Waals surface area contributed by atoms with Crippen LogP contribution in [-0.4, -0.2) is 46.6 Å². The number of carbonyl (C=O) groups is 2. The van der Waals surface area contributed by atoms with E-state index < -0.39 is 11.9 Å². The van der Waals surface area contributed by atoms with Crippen molar-refractivity contribution >= 4 is 11.9 Å². The fourth-order valence-corrected chi connectivity index (χ4v) is 13.3. The third-order valence-electron chi connectivity index (χ3n) is 19.1. The summed E-state index contributed by atoms with van der Waals surface area (Å²) >= 11 is 0. The molecule has 0 amide bonds. The minimum atomic E-state index is -0.981. The van der Waals surface area contributed by atoms with Gasteiger partial charge in [-0.15, -0.1) is 0 Å². The molecule has 6 heteroatoms. The average molecular weight is 1260 g/mol. The predicted molar refractivity (Wildman–Crippen MR) is 398 cm³/mol. The molecule has 4 N–H and O–H groups in total. The lowest BCUT2D eigenvalue weighted by atomic mass is 10.1. The molecule has 5 saturated carbocycles. The molecule has 0 bridgehead atoms. The quantitative estimate of drug-likeness (QED) is 0.205. The molecule has 0 unspecified atom stereocenters. The smallest absolute Gasteiger partial charge is 0.327 e. The van der Waals surface area contributed by atoms with Crippen molar-refractivity contribution in [2.75, 3.05) is 14.2 Å². The van der Waals surface area contributed by atoms with E-state index in [9.17, 15) is 9.59 Å². The van der Waals surface area contributed by atoms with E-state index in [2.05, 4.69) is 13.2 Å². The van der Waals surface area contributed by atoms with Crippen LogP contribution in [0.4, 0.5) is 0 Å². The summed E-state index contributed by atoms with van der Waals surface area (Å²) in [4.78, 5) is 18.5. The summed E-state index contributed by atoms with van der Waals surface area (Å²) < 4.78 is 0. The van der Waals surface area contributed by atoms with Crippen LogP contribution in [0.2, 0.25) is 0 Å². The van der Waals surface area contributed by atoms with E-state index in [1.54, 1.807) is 0 Å². The Kier molecular flexibility index (Phi) is 100. The van der Waals surface area contributed by atoms with Crippen molar-refractivity contribution < 1.29 is 30.0 Å². The van der Waals surface area contributed by atoms with Crippen molar-refractivity contribution in [2.45, 2.75) is 482 Å². The van der Waals surface area contributed by atoms with Crippen LogP contribution in [0.5, 0.6) is 0 Å². The van der Waals surface area contributed by atoms with Gasteiger partial charge in [0, 0.05) is 26.4 Å². The first-order valence-electron chi connectivity index (χ1n) is 40.6. The number of carboxylic acid groups (broad SMARTS) is 2. The summed E-state index contributed by atoms with van der Waals surface area (Å²) in [5.41, 5.74) is 0. The van der Waals surface area contributed by atoms with Gasteiger partial charge in [-0.2, -0.15) is 0 Å². The summed E-state index contributed by atoms with van der Waals surface area (Å²) in [6, 6.07) is 0. The van der Waals surface area contributed by atoms with Crippen LogP contribution in [0.25, 0.3) is 0 Å². The number of rotatable bonds is 2.